The molecule has 108 valence electrons. The number of nitrogens with one attached hydrogen (secondary N) is 1. The molecule has 1 heterocycles. The molecular formula is C13H16N2O4S. The van der Waals surface area contributed by atoms with Crippen molar-refractivity contribution in [3.05, 3.63) is 41.6 Å². The van der Waals surface area contributed by atoms with Crippen LogP contribution in [0.25, 0.3) is 0 Å². The van der Waals surface area contributed by atoms with Gasteiger partial charge in [-0.1, -0.05) is 24.2 Å². The number of nitrogens with zero attached hydrogens (tertiary/aromatic N) is 1. The van der Waals surface area contributed by atoms with Crippen molar-refractivity contribution >= 4 is 15.9 Å². The van der Waals surface area contributed by atoms with E-state index in [4.69, 9.17) is 4.52 Å². The van der Waals surface area contributed by atoms with Crippen molar-refractivity contribution in [1.82, 2.24) is 5.16 Å². The van der Waals surface area contributed by atoms with E-state index in [1.165, 1.54) is 18.2 Å². The van der Waals surface area contributed by atoms with Crippen LogP contribution in [0.1, 0.15) is 30.7 Å². The van der Waals surface area contributed by atoms with Crippen molar-refractivity contribution in [3.8, 4) is 0 Å². The Morgan fingerprint density at radius 1 is 1.40 bits per heavy atom. The maximum absolute atomic E-state index is 12.2. The van der Waals surface area contributed by atoms with Gasteiger partial charge in [0.25, 0.3) is 10.0 Å². The van der Waals surface area contributed by atoms with Gasteiger partial charge < -0.3 is 9.63 Å². The summed E-state index contributed by atoms with van der Waals surface area (Å²) in [6, 6.07) is 7.67. The van der Waals surface area contributed by atoms with Gasteiger partial charge in [-0.3, -0.25) is 0 Å². The number of aliphatic hydroxyl groups is 1. The molecular weight excluding hydrogens is 280 g/mol. The van der Waals surface area contributed by atoms with E-state index in [2.05, 4.69) is 9.88 Å². The summed E-state index contributed by atoms with van der Waals surface area (Å²) < 4.78 is 31.5. The van der Waals surface area contributed by atoms with Gasteiger partial charge in [0, 0.05) is 6.07 Å². The van der Waals surface area contributed by atoms with Crippen molar-refractivity contribution in [3.63, 3.8) is 0 Å². The summed E-state index contributed by atoms with van der Waals surface area (Å²) in [7, 11) is -3.76. The van der Waals surface area contributed by atoms with Gasteiger partial charge in [0.2, 0.25) is 5.88 Å². The quantitative estimate of drug-likeness (QED) is 0.882. The standard InChI is InChI=1S/C13H16N2O4S/c1-3-12(16)10-5-4-6-11(8-10)20(17,18)15-13-7-9(2)14-19-13/h4-8,12,15-16H,3H2,1-2H3. The van der Waals surface area contributed by atoms with Gasteiger partial charge in [0.1, 0.15) is 0 Å². The van der Waals surface area contributed by atoms with Crippen molar-refractivity contribution in [2.75, 3.05) is 4.72 Å². The highest BCUT2D eigenvalue weighted by Gasteiger charge is 2.18. The molecule has 0 aliphatic heterocycles. The molecule has 1 aromatic carbocycles. The molecule has 0 saturated carbocycles. The van der Waals surface area contributed by atoms with Crippen LogP contribution in [-0.4, -0.2) is 18.7 Å². The SMILES string of the molecule is CCC(O)c1cccc(S(=O)(=O)Nc2cc(C)no2)c1. The highest BCUT2D eigenvalue weighted by Crippen LogP contribution is 2.22. The molecule has 0 fully saturated rings. The zero-order valence-electron chi connectivity index (χ0n) is 11.2. The summed E-state index contributed by atoms with van der Waals surface area (Å²) in [4.78, 5) is 0.0663. The summed E-state index contributed by atoms with van der Waals surface area (Å²) in [5, 5.41) is 13.4. The third-order valence-electron chi connectivity index (χ3n) is 2.80. The maximum Gasteiger partial charge on any atom is 0.264 e. The lowest BCUT2D eigenvalue weighted by Gasteiger charge is -2.10. The average Bonchev–Trinajstić information content (AvgIpc) is 2.82. The Hall–Kier alpha value is -1.86. The van der Waals surface area contributed by atoms with E-state index in [9.17, 15) is 13.5 Å². The van der Waals surface area contributed by atoms with E-state index >= 15 is 0 Å². The van der Waals surface area contributed by atoms with Crippen LogP contribution in [-0.2, 0) is 10.0 Å². The molecule has 0 spiro atoms. The Morgan fingerprint density at radius 2 is 2.15 bits per heavy atom. The van der Waals surface area contributed by atoms with Crippen LogP contribution in [0.5, 0.6) is 0 Å². The first-order valence-corrected chi connectivity index (χ1v) is 7.65. The van der Waals surface area contributed by atoms with Gasteiger partial charge in [-0.15, -0.1) is 0 Å². The zero-order valence-corrected chi connectivity index (χ0v) is 12.0. The predicted octanol–water partition coefficient (Wildman–Crippen LogP) is 2.23. The lowest BCUT2D eigenvalue weighted by Crippen LogP contribution is -2.13. The number of rotatable bonds is 5. The van der Waals surface area contributed by atoms with E-state index < -0.39 is 16.1 Å². The Labute approximate surface area is 117 Å². The molecule has 2 N–H and O–H groups in total. The average molecular weight is 296 g/mol. The molecule has 7 heteroatoms. The molecule has 1 aromatic heterocycles. The molecule has 1 atom stereocenters. The summed E-state index contributed by atoms with van der Waals surface area (Å²) >= 11 is 0. The lowest BCUT2D eigenvalue weighted by molar-refractivity contribution is 0.173. The molecule has 0 aliphatic carbocycles. The minimum Gasteiger partial charge on any atom is -0.388 e. The molecule has 0 amide bonds. The van der Waals surface area contributed by atoms with Gasteiger partial charge in [0.15, 0.2) is 0 Å². The summed E-state index contributed by atoms with van der Waals surface area (Å²) in [6.45, 7) is 3.51. The highest BCUT2D eigenvalue weighted by atomic mass is 32.2. The molecule has 20 heavy (non-hydrogen) atoms. The van der Waals surface area contributed by atoms with E-state index in [-0.39, 0.29) is 10.8 Å². The second kappa shape index (κ2) is 5.64. The summed E-state index contributed by atoms with van der Waals surface area (Å²) in [6.07, 6.45) is -0.171. The summed E-state index contributed by atoms with van der Waals surface area (Å²) in [5.74, 6) is 0.0592. The fraction of sp³-hybridized carbons (Fsp3) is 0.308. The lowest BCUT2D eigenvalue weighted by atomic mass is 10.1. The second-order valence-corrected chi connectivity index (χ2v) is 6.12. The zero-order chi connectivity index (χ0) is 14.8. The molecule has 1 unspecified atom stereocenters. The Bertz CT molecular complexity index is 694. The van der Waals surface area contributed by atoms with Crippen LogP contribution in [0.15, 0.2) is 39.8 Å². The van der Waals surface area contributed by atoms with Crippen LogP contribution in [0, 0.1) is 6.92 Å². The minimum atomic E-state index is -3.76. The van der Waals surface area contributed by atoms with Gasteiger partial charge >= 0.3 is 0 Å². The molecule has 0 bridgehead atoms. The molecule has 6 nitrogen and oxygen atoms in total. The summed E-state index contributed by atoms with van der Waals surface area (Å²) in [5.41, 5.74) is 1.14. The van der Waals surface area contributed by atoms with Gasteiger partial charge in [-0.25, -0.2) is 13.1 Å². The Morgan fingerprint density at radius 3 is 2.75 bits per heavy atom. The monoisotopic (exact) mass is 296 g/mol. The van der Waals surface area contributed by atoms with E-state index in [0.29, 0.717) is 17.7 Å². The second-order valence-electron chi connectivity index (χ2n) is 4.43. The van der Waals surface area contributed by atoms with Gasteiger partial charge in [-0.05, 0) is 31.0 Å². The normalized spacial score (nSPS) is 13.2. The third kappa shape index (κ3) is 3.17. The number of sulfonamides is 1. The van der Waals surface area contributed by atoms with Crippen LogP contribution < -0.4 is 4.72 Å². The minimum absolute atomic E-state index is 0.0592. The van der Waals surface area contributed by atoms with Crippen LogP contribution in [0.3, 0.4) is 0 Å². The van der Waals surface area contributed by atoms with E-state index in [1.54, 1.807) is 19.1 Å². The first-order chi connectivity index (χ1) is 9.42. The largest absolute Gasteiger partial charge is 0.388 e. The fourth-order valence-electron chi connectivity index (χ4n) is 1.73. The number of hydrogen-bond donors (Lipinski definition) is 2. The molecule has 2 rings (SSSR count). The maximum atomic E-state index is 12.2. The van der Waals surface area contributed by atoms with Crippen molar-refractivity contribution in [2.45, 2.75) is 31.3 Å². The van der Waals surface area contributed by atoms with Crippen LogP contribution >= 0.6 is 0 Å². The molecule has 0 saturated heterocycles. The predicted molar refractivity (Wildman–Crippen MR) is 73.7 cm³/mol. The van der Waals surface area contributed by atoms with Crippen molar-refractivity contribution in [2.24, 2.45) is 0 Å². The number of benzene rings is 1. The number of anilines is 1. The van der Waals surface area contributed by atoms with E-state index in [0.717, 1.165) is 0 Å². The topological polar surface area (TPSA) is 92.4 Å². The highest BCUT2D eigenvalue weighted by molar-refractivity contribution is 7.92. The number of aryl methyl sites for hydroxylation is 1. The smallest absolute Gasteiger partial charge is 0.264 e. The van der Waals surface area contributed by atoms with Gasteiger partial charge in [0.05, 0.1) is 16.7 Å². The fourth-order valence-corrected chi connectivity index (χ4v) is 2.76. The van der Waals surface area contributed by atoms with Crippen LogP contribution in [0.4, 0.5) is 5.88 Å². The number of aliphatic hydroxyl groups excluding tert-OH is 1. The van der Waals surface area contributed by atoms with Gasteiger partial charge in [-0.2, -0.15) is 0 Å². The molecule has 0 aliphatic rings. The number of aromatic nitrogens is 1. The Kier molecular flexibility index (Phi) is 4.10. The third-order valence-corrected chi connectivity index (χ3v) is 4.15. The van der Waals surface area contributed by atoms with E-state index in [1.807, 2.05) is 6.92 Å². The molecule has 0 radical (unpaired) electrons. The first-order valence-electron chi connectivity index (χ1n) is 6.16. The Balaban J connectivity index is 2.29. The first kappa shape index (κ1) is 14.5. The van der Waals surface area contributed by atoms with Crippen molar-refractivity contribution in [1.29, 1.82) is 0 Å². The van der Waals surface area contributed by atoms with Crippen molar-refractivity contribution < 1.29 is 18.0 Å². The molecule has 2 aromatic rings. The van der Waals surface area contributed by atoms with Crippen LogP contribution in [0.2, 0.25) is 0 Å². The number of hydrogen-bond acceptors (Lipinski definition) is 5.